The molecule has 0 saturated carbocycles. The van der Waals surface area contributed by atoms with Gasteiger partial charge in [0.05, 0.1) is 0 Å². The molecule has 15 heavy (non-hydrogen) atoms. The summed E-state index contributed by atoms with van der Waals surface area (Å²) in [6.07, 6.45) is 0. The maximum absolute atomic E-state index is 2.37. The van der Waals surface area contributed by atoms with Gasteiger partial charge in [-0.25, -0.2) is 0 Å². The first kappa shape index (κ1) is 13.1. The first-order chi connectivity index (χ1) is 6.60. The SMILES string of the molecule is CC(C)(C)c1c[c]([SnH])cc(C(C)(C)C)c1. The van der Waals surface area contributed by atoms with Gasteiger partial charge in [-0.15, -0.1) is 0 Å². The third-order valence-electron chi connectivity index (χ3n) is 2.69. The molecule has 0 saturated heterocycles. The monoisotopic (exact) mass is 310 g/mol. The fourth-order valence-electron chi connectivity index (χ4n) is 1.52. The second kappa shape index (κ2) is 4.12. The van der Waals surface area contributed by atoms with Crippen molar-refractivity contribution in [2.45, 2.75) is 52.4 Å². The average Bonchev–Trinajstić information content (AvgIpc) is 1.99. The summed E-state index contributed by atoms with van der Waals surface area (Å²) in [5.41, 5.74) is 3.47. The molecule has 0 aromatic heterocycles. The molecule has 1 aromatic rings. The van der Waals surface area contributed by atoms with E-state index in [1.54, 1.807) is 0 Å². The fourth-order valence-corrected chi connectivity index (χ4v) is 2.54. The van der Waals surface area contributed by atoms with Crippen molar-refractivity contribution < 1.29 is 0 Å². The van der Waals surface area contributed by atoms with Gasteiger partial charge in [0, 0.05) is 0 Å². The quantitative estimate of drug-likeness (QED) is 0.647. The van der Waals surface area contributed by atoms with E-state index in [0.717, 1.165) is 0 Å². The molecule has 0 aliphatic heterocycles. The molecule has 0 fully saturated rings. The number of hydrogen-bond acceptors (Lipinski definition) is 0. The molecule has 0 heterocycles. The summed E-state index contributed by atoms with van der Waals surface area (Å²) in [7, 11) is 0. The topological polar surface area (TPSA) is 0 Å². The predicted octanol–water partition coefficient (Wildman–Crippen LogP) is 2.81. The molecule has 0 aliphatic rings. The summed E-state index contributed by atoms with van der Waals surface area (Å²) >= 11 is 1.21. The molecule has 0 nitrogen and oxygen atoms in total. The molecule has 1 aromatic carbocycles. The Morgan fingerprint density at radius 1 is 0.733 bits per heavy atom. The summed E-state index contributed by atoms with van der Waals surface area (Å²) in [6, 6.07) is 7.09. The Bertz CT molecular complexity index is 318. The van der Waals surface area contributed by atoms with E-state index in [9.17, 15) is 0 Å². The van der Waals surface area contributed by atoms with Crippen LogP contribution in [0, 0.1) is 0 Å². The normalized spacial score (nSPS) is 13.0. The minimum absolute atomic E-state index is 0.263. The summed E-state index contributed by atoms with van der Waals surface area (Å²) in [6.45, 7) is 13.7. The van der Waals surface area contributed by atoms with Gasteiger partial charge >= 0.3 is 108 Å². The molecule has 0 unspecified atom stereocenters. The van der Waals surface area contributed by atoms with Gasteiger partial charge in [-0.2, -0.15) is 0 Å². The molecule has 1 rings (SSSR count). The zero-order valence-electron chi connectivity index (χ0n) is 10.8. The zero-order chi connectivity index (χ0) is 11.9. The van der Waals surface area contributed by atoms with Gasteiger partial charge in [-0.3, -0.25) is 0 Å². The average molecular weight is 309 g/mol. The van der Waals surface area contributed by atoms with E-state index in [2.05, 4.69) is 59.7 Å². The van der Waals surface area contributed by atoms with Crippen molar-refractivity contribution in [3.8, 4) is 0 Å². The van der Waals surface area contributed by atoms with Gasteiger partial charge in [0.15, 0.2) is 0 Å². The van der Waals surface area contributed by atoms with Crippen LogP contribution in [-0.2, 0) is 10.8 Å². The molecule has 0 N–H and O–H groups in total. The van der Waals surface area contributed by atoms with Crippen molar-refractivity contribution in [3.63, 3.8) is 0 Å². The molecular weight excluding hydrogens is 287 g/mol. The van der Waals surface area contributed by atoms with E-state index in [0.29, 0.717) is 0 Å². The Balaban J connectivity index is 3.30. The predicted molar refractivity (Wildman–Crippen MR) is 70.6 cm³/mol. The Kier molecular flexibility index (Phi) is 3.59. The molecule has 0 atom stereocenters. The van der Waals surface area contributed by atoms with Crippen molar-refractivity contribution >= 4 is 26.1 Å². The van der Waals surface area contributed by atoms with Crippen LogP contribution in [0.2, 0.25) is 0 Å². The van der Waals surface area contributed by atoms with E-state index >= 15 is 0 Å². The standard InChI is InChI=1S/C14H21.Sn.H/c1-13(2,3)11-8-7-9-12(10-11)14(4,5)6;;/h8-10H,1-6H3;;. The van der Waals surface area contributed by atoms with E-state index in [1.807, 2.05) is 0 Å². The molecule has 2 radical (unpaired) electrons. The molecule has 0 aliphatic carbocycles. The van der Waals surface area contributed by atoms with E-state index in [-0.39, 0.29) is 10.8 Å². The number of rotatable bonds is 0. The fraction of sp³-hybridized carbons (Fsp3) is 0.571. The van der Waals surface area contributed by atoms with Crippen LogP contribution >= 0.6 is 0 Å². The second-order valence-electron chi connectivity index (χ2n) is 6.34. The molecular formula is C14H22Sn. The van der Waals surface area contributed by atoms with Crippen LogP contribution in [-0.4, -0.2) is 22.5 Å². The first-order valence-corrected chi connectivity index (χ1v) is 7.17. The summed E-state index contributed by atoms with van der Waals surface area (Å²) in [4.78, 5) is 0. The Morgan fingerprint density at radius 2 is 1.07 bits per heavy atom. The third kappa shape index (κ3) is 3.51. The molecule has 0 bridgehead atoms. The zero-order valence-corrected chi connectivity index (χ0v) is 14.1. The van der Waals surface area contributed by atoms with Crippen molar-refractivity contribution in [2.24, 2.45) is 0 Å². The third-order valence-corrected chi connectivity index (χ3v) is 3.64. The van der Waals surface area contributed by atoms with E-state index in [1.165, 1.54) is 37.2 Å². The van der Waals surface area contributed by atoms with Crippen LogP contribution in [0.5, 0.6) is 0 Å². The van der Waals surface area contributed by atoms with Crippen LogP contribution in [0.15, 0.2) is 18.2 Å². The summed E-state index contributed by atoms with van der Waals surface area (Å²) in [5.74, 6) is 0. The van der Waals surface area contributed by atoms with Crippen LogP contribution in [0.4, 0.5) is 0 Å². The Labute approximate surface area is 108 Å². The second-order valence-corrected chi connectivity index (χ2v) is 8.25. The van der Waals surface area contributed by atoms with E-state index < -0.39 is 0 Å². The van der Waals surface area contributed by atoms with Crippen molar-refractivity contribution in [1.82, 2.24) is 0 Å². The Hall–Kier alpha value is 0.0187. The van der Waals surface area contributed by atoms with Crippen LogP contribution in [0.1, 0.15) is 52.7 Å². The van der Waals surface area contributed by atoms with Gasteiger partial charge in [-0.1, -0.05) is 0 Å². The summed E-state index contributed by atoms with van der Waals surface area (Å²) in [5, 5.41) is 0. The van der Waals surface area contributed by atoms with Crippen molar-refractivity contribution in [1.29, 1.82) is 0 Å². The van der Waals surface area contributed by atoms with Crippen LogP contribution in [0.25, 0.3) is 0 Å². The molecule has 0 amide bonds. The number of benzene rings is 1. The maximum atomic E-state index is 2.37. The van der Waals surface area contributed by atoms with Crippen molar-refractivity contribution in [2.75, 3.05) is 0 Å². The molecule has 82 valence electrons. The van der Waals surface area contributed by atoms with Crippen LogP contribution < -0.4 is 3.58 Å². The van der Waals surface area contributed by atoms with Gasteiger partial charge in [0.1, 0.15) is 0 Å². The van der Waals surface area contributed by atoms with Crippen molar-refractivity contribution in [3.05, 3.63) is 29.3 Å². The molecule has 1 heteroatoms. The van der Waals surface area contributed by atoms with Gasteiger partial charge in [0.25, 0.3) is 0 Å². The van der Waals surface area contributed by atoms with Crippen LogP contribution in [0.3, 0.4) is 0 Å². The molecule has 0 spiro atoms. The number of hydrogen-bond donors (Lipinski definition) is 0. The van der Waals surface area contributed by atoms with Gasteiger partial charge < -0.3 is 0 Å². The Morgan fingerprint density at radius 3 is 1.33 bits per heavy atom. The van der Waals surface area contributed by atoms with Gasteiger partial charge in [0.2, 0.25) is 0 Å². The summed E-state index contributed by atoms with van der Waals surface area (Å²) < 4.78 is 1.50. The van der Waals surface area contributed by atoms with E-state index in [4.69, 9.17) is 0 Å². The first-order valence-electron chi connectivity index (χ1n) is 5.52. The van der Waals surface area contributed by atoms with Gasteiger partial charge in [-0.05, 0) is 0 Å². The minimum atomic E-state index is 0.263.